The number of aromatic nitrogens is 2. The number of carbonyl (C=O) groups excluding carboxylic acids is 1. The topological polar surface area (TPSA) is 107 Å². The van der Waals surface area contributed by atoms with Gasteiger partial charge in [0.25, 0.3) is 0 Å². The van der Waals surface area contributed by atoms with Crippen LogP contribution in [-0.2, 0) is 11.2 Å². The van der Waals surface area contributed by atoms with Crippen molar-refractivity contribution in [3.05, 3.63) is 52.6 Å². The van der Waals surface area contributed by atoms with E-state index in [1.807, 2.05) is 24.3 Å². The van der Waals surface area contributed by atoms with Gasteiger partial charge in [-0.1, -0.05) is 12.1 Å². The average Bonchev–Trinajstić information content (AvgIpc) is 3.11. The summed E-state index contributed by atoms with van der Waals surface area (Å²) in [5.41, 5.74) is 12.5. The highest BCUT2D eigenvalue weighted by Gasteiger charge is 2.58. The summed E-state index contributed by atoms with van der Waals surface area (Å²) in [7, 11) is 0. The van der Waals surface area contributed by atoms with Crippen LogP contribution < -0.4 is 17.2 Å². The molecule has 1 saturated carbocycles. The van der Waals surface area contributed by atoms with Gasteiger partial charge < -0.3 is 11.5 Å². The fraction of sp³-hybridized carbons (Fsp3) is 0.421. The van der Waals surface area contributed by atoms with E-state index in [2.05, 4.69) is 16.8 Å². The van der Waals surface area contributed by atoms with Crippen LogP contribution in [0.3, 0.4) is 0 Å². The third-order valence-electron chi connectivity index (χ3n) is 5.74. The van der Waals surface area contributed by atoms with Crippen LogP contribution >= 0.6 is 0 Å². The van der Waals surface area contributed by atoms with Gasteiger partial charge in [0.1, 0.15) is 5.82 Å². The first-order chi connectivity index (χ1) is 12.4. The predicted octanol–water partition coefficient (Wildman–Crippen LogP) is 0.409. The van der Waals surface area contributed by atoms with Crippen LogP contribution in [-0.4, -0.2) is 39.5 Å². The van der Waals surface area contributed by atoms with E-state index < -0.39 is 0 Å². The van der Waals surface area contributed by atoms with Crippen molar-refractivity contribution < 1.29 is 4.79 Å². The zero-order chi connectivity index (χ0) is 18.4. The number of benzene rings is 1. The van der Waals surface area contributed by atoms with Crippen LogP contribution in [0.2, 0.25) is 0 Å². The Balaban J connectivity index is 1.39. The molecule has 4 rings (SSSR count). The Morgan fingerprint density at radius 3 is 2.46 bits per heavy atom. The fourth-order valence-corrected chi connectivity index (χ4v) is 4.22. The maximum Gasteiger partial charge on any atom is 0.354 e. The Kier molecular flexibility index (Phi) is 4.03. The second-order valence-electron chi connectivity index (χ2n) is 7.43. The molecule has 0 radical (unpaired) electrons. The molecule has 4 atom stereocenters. The van der Waals surface area contributed by atoms with Gasteiger partial charge in [0.15, 0.2) is 0 Å². The number of hydrogen-bond acceptors (Lipinski definition) is 5. The van der Waals surface area contributed by atoms with Crippen LogP contribution in [0.1, 0.15) is 12.5 Å². The summed E-state index contributed by atoms with van der Waals surface area (Å²) in [6.07, 6.45) is 2.56. The lowest BCUT2D eigenvalue weighted by Crippen LogP contribution is -2.36. The number of nitrogens with zero attached hydrogens (tertiary/aromatic N) is 3. The fourth-order valence-electron chi connectivity index (χ4n) is 4.22. The Bertz CT molecular complexity index is 880. The van der Waals surface area contributed by atoms with E-state index in [-0.39, 0.29) is 23.3 Å². The van der Waals surface area contributed by atoms with E-state index in [0.29, 0.717) is 17.9 Å². The summed E-state index contributed by atoms with van der Waals surface area (Å²) >= 11 is 0. The molecule has 7 heteroatoms. The highest BCUT2D eigenvalue weighted by atomic mass is 16.1. The Hall–Kier alpha value is -2.67. The van der Waals surface area contributed by atoms with E-state index in [4.69, 9.17) is 11.5 Å². The van der Waals surface area contributed by atoms with Gasteiger partial charge in [-0.3, -0.25) is 14.3 Å². The highest BCUT2D eigenvalue weighted by molar-refractivity contribution is 5.80. The van der Waals surface area contributed by atoms with Crippen LogP contribution in [0.25, 0.3) is 5.69 Å². The molecular formula is C19H23N5O2. The lowest BCUT2D eigenvalue weighted by atomic mass is 10.0. The van der Waals surface area contributed by atoms with Gasteiger partial charge in [-0.25, -0.2) is 4.79 Å². The Morgan fingerprint density at radius 2 is 1.88 bits per heavy atom. The minimum absolute atomic E-state index is 0.101. The number of rotatable bonds is 5. The first-order valence-corrected chi connectivity index (χ1v) is 8.92. The molecule has 1 amide bonds. The number of nitrogen functional groups attached to an aromatic ring is 1. The minimum Gasteiger partial charge on any atom is -0.383 e. The lowest BCUT2D eigenvalue weighted by molar-refractivity contribution is -0.120. The molecule has 136 valence electrons. The molecule has 1 aliphatic heterocycles. The molecule has 2 heterocycles. The zero-order valence-electron chi connectivity index (χ0n) is 14.7. The monoisotopic (exact) mass is 353 g/mol. The second kappa shape index (κ2) is 6.25. The van der Waals surface area contributed by atoms with Crippen molar-refractivity contribution in [1.82, 2.24) is 14.5 Å². The Morgan fingerprint density at radius 1 is 1.23 bits per heavy atom. The molecular weight excluding hydrogens is 330 g/mol. The number of piperidine rings is 1. The van der Waals surface area contributed by atoms with E-state index in [9.17, 15) is 9.59 Å². The lowest BCUT2D eigenvalue weighted by Gasteiger charge is -2.26. The van der Waals surface area contributed by atoms with Gasteiger partial charge in [0.05, 0.1) is 5.69 Å². The highest BCUT2D eigenvalue weighted by Crippen LogP contribution is 2.51. The van der Waals surface area contributed by atoms with Crippen LogP contribution in [0.4, 0.5) is 5.82 Å². The smallest absolute Gasteiger partial charge is 0.354 e. The number of likely N-dealkylation sites (tertiary alicyclic amines) is 1. The standard InChI is InChI=1S/C19H23N5O2/c1-11(23-9-14-15(10-23)17(14)18(21)25)8-12-2-4-13(5-3-12)24-7-6-16(20)22-19(24)26/h2-7,11,14-15,17H,8-10H2,1H3,(H2,21,25)(H2,20,22,26)/t11?,14-,15+,17?. The molecule has 7 nitrogen and oxygen atoms in total. The number of amides is 1. The van der Waals surface area contributed by atoms with Gasteiger partial charge in [-0.15, -0.1) is 0 Å². The van der Waals surface area contributed by atoms with E-state index in [1.165, 1.54) is 10.1 Å². The van der Waals surface area contributed by atoms with Crippen molar-refractivity contribution in [3.8, 4) is 5.69 Å². The molecule has 2 unspecified atom stereocenters. The maximum absolute atomic E-state index is 11.9. The van der Waals surface area contributed by atoms with Crippen LogP contribution in [0, 0.1) is 17.8 Å². The molecule has 2 aliphatic rings. The molecule has 0 spiro atoms. The molecule has 0 bridgehead atoms. The quantitative estimate of drug-likeness (QED) is 0.809. The van der Waals surface area contributed by atoms with Gasteiger partial charge in [0, 0.05) is 31.2 Å². The summed E-state index contributed by atoms with van der Waals surface area (Å²) in [5.74, 6) is 1.10. The van der Waals surface area contributed by atoms with Gasteiger partial charge in [-0.05, 0) is 48.9 Å². The summed E-state index contributed by atoms with van der Waals surface area (Å²) < 4.78 is 1.47. The third-order valence-corrected chi connectivity index (χ3v) is 5.74. The SMILES string of the molecule is CC(Cc1ccc(-n2ccc(N)nc2=O)cc1)N1C[C@@H]2C(C(N)=O)[C@@H]2C1. The summed E-state index contributed by atoms with van der Waals surface area (Å²) in [6.45, 7) is 4.14. The molecule has 1 aromatic carbocycles. The van der Waals surface area contributed by atoms with Crippen molar-refractivity contribution in [2.24, 2.45) is 23.5 Å². The number of hydrogen-bond donors (Lipinski definition) is 2. The van der Waals surface area contributed by atoms with Gasteiger partial charge in [-0.2, -0.15) is 4.98 Å². The molecule has 4 N–H and O–H groups in total. The number of nitrogens with two attached hydrogens (primary N) is 2. The van der Waals surface area contributed by atoms with Crippen LogP contribution in [0.15, 0.2) is 41.3 Å². The minimum atomic E-state index is -0.383. The van der Waals surface area contributed by atoms with Crippen LogP contribution in [0.5, 0.6) is 0 Å². The van der Waals surface area contributed by atoms with Gasteiger partial charge in [0.2, 0.25) is 5.91 Å². The number of carbonyl (C=O) groups is 1. The first-order valence-electron chi connectivity index (χ1n) is 8.92. The number of fused-ring (bicyclic) bond motifs is 1. The number of primary amides is 1. The molecule has 2 aromatic rings. The number of anilines is 1. The maximum atomic E-state index is 11.9. The van der Waals surface area contributed by atoms with Crippen molar-refractivity contribution in [2.45, 2.75) is 19.4 Å². The molecule has 1 aliphatic carbocycles. The summed E-state index contributed by atoms with van der Waals surface area (Å²) in [6, 6.07) is 9.94. The summed E-state index contributed by atoms with van der Waals surface area (Å²) in [5, 5.41) is 0. The molecule has 26 heavy (non-hydrogen) atoms. The van der Waals surface area contributed by atoms with E-state index >= 15 is 0 Å². The predicted molar refractivity (Wildman–Crippen MR) is 98.6 cm³/mol. The zero-order valence-corrected chi connectivity index (χ0v) is 14.7. The van der Waals surface area contributed by atoms with Crippen molar-refractivity contribution in [3.63, 3.8) is 0 Å². The third kappa shape index (κ3) is 2.99. The molecule has 1 aromatic heterocycles. The normalized spacial score (nSPS) is 25.7. The first kappa shape index (κ1) is 16.8. The summed E-state index contributed by atoms with van der Waals surface area (Å²) in [4.78, 5) is 29.4. The van der Waals surface area contributed by atoms with Crippen molar-refractivity contribution in [2.75, 3.05) is 18.8 Å². The Labute approximate surface area is 151 Å². The average molecular weight is 353 g/mol. The largest absolute Gasteiger partial charge is 0.383 e. The second-order valence-corrected chi connectivity index (χ2v) is 7.43. The van der Waals surface area contributed by atoms with E-state index in [0.717, 1.165) is 25.2 Å². The van der Waals surface area contributed by atoms with Gasteiger partial charge >= 0.3 is 5.69 Å². The van der Waals surface area contributed by atoms with Crippen molar-refractivity contribution >= 4 is 11.7 Å². The molecule has 1 saturated heterocycles. The van der Waals surface area contributed by atoms with E-state index in [1.54, 1.807) is 12.3 Å². The van der Waals surface area contributed by atoms with Crippen molar-refractivity contribution in [1.29, 1.82) is 0 Å². The molecule has 2 fully saturated rings.